The molecule has 0 saturated carbocycles. The van der Waals surface area contributed by atoms with Crippen LogP contribution in [0.4, 0.5) is 0 Å². The number of para-hydroxylation sites is 2. The number of pyridine rings is 2. The first-order valence-electron chi connectivity index (χ1n) is 14.3. The minimum absolute atomic E-state index is 0.811. The van der Waals surface area contributed by atoms with Crippen LogP contribution in [0.25, 0.3) is 77.8 Å². The molecule has 4 aromatic heterocycles. The summed E-state index contributed by atoms with van der Waals surface area (Å²) in [5, 5.41) is 20.8. The quantitative estimate of drug-likeness (QED) is 0.204. The third kappa shape index (κ3) is 4.08. The van der Waals surface area contributed by atoms with Crippen LogP contribution in [0.1, 0.15) is 0 Å². The lowest BCUT2D eigenvalue weighted by molar-refractivity contribution is 0.766. The summed E-state index contributed by atoms with van der Waals surface area (Å²) >= 11 is 0. The minimum atomic E-state index is 0.811. The zero-order valence-corrected chi connectivity index (χ0v) is 23.3. The van der Waals surface area contributed by atoms with E-state index in [9.17, 15) is 0 Å². The van der Waals surface area contributed by atoms with Crippen molar-refractivity contribution in [3.05, 3.63) is 133 Å². The molecule has 5 aromatic carbocycles. The van der Waals surface area contributed by atoms with E-state index in [2.05, 4.69) is 34.5 Å². The molecule has 0 aliphatic carbocycles. The average molecular weight is 567 g/mol. The maximum atomic E-state index is 5.12. The summed E-state index contributed by atoms with van der Waals surface area (Å²) in [5.74, 6) is 0. The van der Waals surface area contributed by atoms with Gasteiger partial charge in [-0.25, -0.2) is 9.97 Å². The van der Waals surface area contributed by atoms with Gasteiger partial charge in [0.25, 0.3) is 0 Å². The van der Waals surface area contributed by atoms with Gasteiger partial charge < -0.3 is 0 Å². The van der Waals surface area contributed by atoms with Crippen molar-refractivity contribution in [3.63, 3.8) is 0 Å². The number of aromatic nitrogens is 8. The monoisotopic (exact) mass is 566 g/mol. The molecule has 9 aromatic rings. The Hall–Kier alpha value is -6.28. The Morgan fingerprint density at radius 2 is 0.773 bits per heavy atom. The molecule has 8 nitrogen and oxygen atoms in total. The van der Waals surface area contributed by atoms with Crippen LogP contribution in [0.2, 0.25) is 0 Å². The zero-order chi connectivity index (χ0) is 29.0. The minimum Gasteiger partial charge on any atom is -0.245 e. The Kier molecular flexibility index (Phi) is 5.33. The van der Waals surface area contributed by atoms with Crippen molar-refractivity contribution in [1.82, 2.24) is 40.0 Å². The fourth-order valence-corrected chi connectivity index (χ4v) is 5.59. The van der Waals surface area contributed by atoms with Gasteiger partial charge in [0.05, 0.1) is 33.8 Å². The number of benzene rings is 5. The van der Waals surface area contributed by atoms with Gasteiger partial charge in [-0.05, 0) is 60.7 Å². The van der Waals surface area contributed by atoms with E-state index in [0.29, 0.717) is 0 Å². The van der Waals surface area contributed by atoms with E-state index >= 15 is 0 Å². The van der Waals surface area contributed by atoms with E-state index < -0.39 is 0 Å². The lowest BCUT2D eigenvalue weighted by atomic mass is 10.1. The summed E-state index contributed by atoms with van der Waals surface area (Å²) < 4.78 is 0. The zero-order valence-electron chi connectivity index (χ0n) is 23.3. The van der Waals surface area contributed by atoms with Crippen molar-refractivity contribution in [2.45, 2.75) is 0 Å². The van der Waals surface area contributed by atoms with Crippen LogP contribution in [-0.2, 0) is 0 Å². The predicted molar refractivity (Wildman–Crippen MR) is 173 cm³/mol. The first kappa shape index (κ1) is 24.3. The van der Waals surface area contributed by atoms with Crippen LogP contribution < -0.4 is 0 Å². The highest BCUT2D eigenvalue weighted by molar-refractivity contribution is 6.04. The second-order valence-electron chi connectivity index (χ2n) is 10.7. The van der Waals surface area contributed by atoms with Crippen molar-refractivity contribution in [3.8, 4) is 33.9 Å². The Balaban J connectivity index is 1.12. The van der Waals surface area contributed by atoms with E-state index in [1.165, 1.54) is 0 Å². The first-order valence-corrected chi connectivity index (χ1v) is 14.3. The number of hydrogen-bond donors (Lipinski definition) is 0. The summed E-state index contributed by atoms with van der Waals surface area (Å²) in [6.07, 6.45) is 0. The van der Waals surface area contributed by atoms with Gasteiger partial charge in [0.15, 0.2) is 0 Å². The summed E-state index contributed by atoms with van der Waals surface area (Å²) in [5.41, 5.74) is 10.5. The van der Waals surface area contributed by atoms with Gasteiger partial charge >= 0.3 is 0 Å². The molecule has 4 heterocycles. The molecule has 0 radical (unpaired) electrons. The molecule has 0 fully saturated rings. The maximum absolute atomic E-state index is 5.12. The molecule has 0 aliphatic rings. The van der Waals surface area contributed by atoms with Gasteiger partial charge in [-0.15, -0.1) is 20.4 Å². The highest BCUT2D eigenvalue weighted by Crippen LogP contribution is 2.30. The third-order valence-electron chi connectivity index (χ3n) is 7.85. The summed E-state index contributed by atoms with van der Waals surface area (Å²) in [4.78, 5) is 13.6. The van der Waals surface area contributed by atoms with Crippen LogP contribution in [0.15, 0.2) is 133 Å². The van der Waals surface area contributed by atoms with Crippen molar-refractivity contribution in [2.24, 2.45) is 0 Å². The smallest absolute Gasteiger partial charge is 0.114 e. The summed E-state index contributed by atoms with van der Waals surface area (Å²) in [7, 11) is 0. The second kappa shape index (κ2) is 9.64. The second-order valence-corrected chi connectivity index (χ2v) is 10.7. The summed E-state index contributed by atoms with van der Waals surface area (Å²) in [6.45, 7) is 0. The molecule has 8 heteroatoms. The van der Waals surface area contributed by atoms with Crippen LogP contribution in [0, 0.1) is 0 Å². The number of rotatable bonds is 4. The molecule has 206 valence electrons. The molecule has 0 atom stereocenters. The SMILES string of the molecule is c1ccc(-n2nc3ccc(-c4ccc5ccc6ccc(-c7ccc8nn(-c9ccccc9)nc8c7)nc6c5n4)cc3n2)cc1. The van der Waals surface area contributed by atoms with E-state index in [-0.39, 0.29) is 0 Å². The molecule has 0 saturated heterocycles. The highest BCUT2D eigenvalue weighted by Gasteiger charge is 2.12. The largest absolute Gasteiger partial charge is 0.245 e. The fourth-order valence-electron chi connectivity index (χ4n) is 5.59. The number of hydrogen-bond acceptors (Lipinski definition) is 6. The Morgan fingerprint density at radius 3 is 1.23 bits per heavy atom. The first-order chi connectivity index (χ1) is 21.7. The van der Waals surface area contributed by atoms with Crippen LogP contribution in [-0.4, -0.2) is 40.0 Å². The van der Waals surface area contributed by atoms with Crippen LogP contribution in [0.5, 0.6) is 0 Å². The topological polar surface area (TPSA) is 87.2 Å². The molecule has 0 spiro atoms. The Bertz CT molecular complexity index is 2320. The van der Waals surface area contributed by atoms with Gasteiger partial charge in [0.2, 0.25) is 0 Å². The normalized spacial score (nSPS) is 11.6. The molecule has 0 amide bonds. The maximum Gasteiger partial charge on any atom is 0.114 e. The van der Waals surface area contributed by atoms with Gasteiger partial charge in [0.1, 0.15) is 22.1 Å². The Morgan fingerprint density at radius 1 is 0.364 bits per heavy atom. The molecule has 0 unspecified atom stereocenters. The molecule has 0 N–H and O–H groups in total. The van der Waals surface area contributed by atoms with Crippen LogP contribution in [0.3, 0.4) is 0 Å². The fraction of sp³-hybridized carbons (Fsp3) is 0. The third-order valence-corrected chi connectivity index (χ3v) is 7.85. The van der Waals surface area contributed by atoms with Crippen molar-refractivity contribution < 1.29 is 0 Å². The molecule has 9 rings (SSSR count). The van der Waals surface area contributed by atoms with Crippen LogP contribution >= 0.6 is 0 Å². The molecule has 0 bridgehead atoms. The number of nitrogens with zero attached hydrogens (tertiary/aromatic N) is 8. The van der Waals surface area contributed by atoms with Gasteiger partial charge in [0, 0.05) is 21.9 Å². The van der Waals surface area contributed by atoms with E-state index in [0.717, 1.165) is 77.8 Å². The standard InChI is InChI=1S/C36H22N8/c1-3-7-27(8-4-1)43-39-31-19-15-25(21-33(31)41-43)29-17-13-23-11-12-24-14-18-30(38-36(24)35(23)37-29)26-16-20-32-34(22-26)42-44(40-32)28-9-5-2-6-10-28/h1-22H. The van der Waals surface area contributed by atoms with Gasteiger partial charge in [-0.3, -0.25) is 0 Å². The highest BCUT2D eigenvalue weighted by atomic mass is 15.5. The van der Waals surface area contributed by atoms with Gasteiger partial charge in [-0.1, -0.05) is 72.8 Å². The summed E-state index contributed by atoms with van der Waals surface area (Å²) in [6, 6.07) is 44.5. The van der Waals surface area contributed by atoms with E-state index in [1.54, 1.807) is 9.59 Å². The van der Waals surface area contributed by atoms with Crippen molar-refractivity contribution >= 4 is 43.9 Å². The van der Waals surface area contributed by atoms with E-state index in [4.69, 9.17) is 20.2 Å². The lowest BCUT2D eigenvalue weighted by Gasteiger charge is -2.08. The molecule has 0 aliphatic heterocycles. The number of fused-ring (bicyclic) bond motifs is 5. The molecule has 44 heavy (non-hydrogen) atoms. The van der Waals surface area contributed by atoms with E-state index in [1.807, 2.05) is 109 Å². The average Bonchev–Trinajstić information content (AvgIpc) is 3.72. The molecular formula is C36H22N8. The predicted octanol–water partition coefficient (Wildman–Crippen LogP) is 7.58. The van der Waals surface area contributed by atoms with Gasteiger partial charge in [-0.2, -0.15) is 9.59 Å². The molecular weight excluding hydrogens is 544 g/mol. The Labute approximate surface area is 250 Å². The van der Waals surface area contributed by atoms with Crippen molar-refractivity contribution in [1.29, 1.82) is 0 Å². The van der Waals surface area contributed by atoms with Crippen molar-refractivity contribution in [2.75, 3.05) is 0 Å². The lowest BCUT2D eigenvalue weighted by Crippen LogP contribution is -1.97.